The van der Waals surface area contributed by atoms with E-state index in [-0.39, 0.29) is 30.2 Å². The number of nitrogens with zero attached hydrogens (tertiary/aromatic N) is 2. The summed E-state index contributed by atoms with van der Waals surface area (Å²) in [5, 5.41) is 0. The third-order valence-corrected chi connectivity index (χ3v) is 5.65. The Balaban J connectivity index is 1.80. The fraction of sp³-hybridized carbons (Fsp3) is 0.667. The first-order valence-electron chi connectivity index (χ1n) is 8.89. The van der Waals surface area contributed by atoms with Crippen molar-refractivity contribution in [2.75, 3.05) is 6.54 Å². The summed E-state index contributed by atoms with van der Waals surface area (Å²) in [7, 11) is 0. The molecule has 1 saturated carbocycles. The van der Waals surface area contributed by atoms with Crippen LogP contribution >= 0.6 is 0 Å². The number of aromatic nitrogens is 1. The highest BCUT2D eigenvalue weighted by Gasteiger charge is 2.48. The zero-order chi connectivity index (χ0) is 19.1. The van der Waals surface area contributed by atoms with E-state index >= 15 is 0 Å². The maximum atomic E-state index is 13.3. The van der Waals surface area contributed by atoms with Gasteiger partial charge in [0.05, 0.1) is 11.6 Å². The van der Waals surface area contributed by atoms with Gasteiger partial charge in [-0.3, -0.25) is 9.78 Å². The van der Waals surface area contributed by atoms with Crippen molar-refractivity contribution in [2.45, 2.75) is 58.5 Å². The summed E-state index contributed by atoms with van der Waals surface area (Å²) < 4.78 is 41.2. The Kier molecular flexibility index (Phi) is 4.90. The van der Waals surface area contributed by atoms with E-state index in [1.165, 1.54) is 6.07 Å². The van der Waals surface area contributed by atoms with E-state index in [2.05, 4.69) is 9.72 Å². The molecule has 8 heteroatoms. The molecule has 26 heavy (non-hydrogen) atoms. The van der Waals surface area contributed by atoms with Gasteiger partial charge >= 0.3 is 6.36 Å². The summed E-state index contributed by atoms with van der Waals surface area (Å²) in [4.78, 5) is 19.1. The van der Waals surface area contributed by atoms with Crippen LogP contribution in [0.4, 0.5) is 13.2 Å². The number of ether oxygens (including phenoxy) is 1. The minimum Gasteiger partial charge on any atom is -0.404 e. The predicted molar refractivity (Wildman–Crippen MR) is 89.1 cm³/mol. The van der Waals surface area contributed by atoms with Gasteiger partial charge in [-0.15, -0.1) is 13.2 Å². The highest BCUT2D eigenvalue weighted by Crippen LogP contribution is 2.45. The number of halogens is 3. The number of nitrogens with two attached hydrogens (primary N) is 1. The summed E-state index contributed by atoms with van der Waals surface area (Å²) in [6, 6.07) is 1.35. The molecule has 2 N–H and O–H groups in total. The van der Waals surface area contributed by atoms with Gasteiger partial charge in [0.2, 0.25) is 5.91 Å². The fourth-order valence-corrected chi connectivity index (χ4v) is 4.16. The lowest BCUT2D eigenvalue weighted by Gasteiger charge is -2.39. The third-order valence-electron chi connectivity index (χ3n) is 5.65. The van der Waals surface area contributed by atoms with Crippen LogP contribution in [0.1, 0.15) is 44.4 Å². The third kappa shape index (κ3) is 3.65. The number of hydrogen-bond acceptors (Lipinski definition) is 4. The molecule has 1 aromatic heterocycles. The summed E-state index contributed by atoms with van der Waals surface area (Å²) >= 11 is 0. The summed E-state index contributed by atoms with van der Waals surface area (Å²) in [6.45, 7) is 4.83. The second kappa shape index (κ2) is 6.72. The number of pyridine rings is 1. The van der Waals surface area contributed by atoms with Gasteiger partial charge in [0, 0.05) is 31.2 Å². The lowest BCUT2D eigenvalue weighted by atomic mass is 9.74. The molecule has 1 aliphatic heterocycles. The first kappa shape index (κ1) is 18.9. The van der Waals surface area contributed by atoms with E-state index in [0.29, 0.717) is 30.6 Å². The van der Waals surface area contributed by atoms with Crippen molar-refractivity contribution in [1.82, 2.24) is 9.88 Å². The van der Waals surface area contributed by atoms with E-state index in [9.17, 15) is 18.0 Å². The maximum absolute atomic E-state index is 13.3. The Morgan fingerprint density at radius 1 is 1.46 bits per heavy atom. The van der Waals surface area contributed by atoms with E-state index in [1.807, 2.05) is 13.8 Å². The van der Waals surface area contributed by atoms with Crippen molar-refractivity contribution in [2.24, 2.45) is 17.1 Å². The molecule has 2 atom stereocenters. The van der Waals surface area contributed by atoms with Crippen LogP contribution in [0.15, 0.2) is 12.3 Å². The molecule has 1 aliphatic carbocycles. The monoisotopic (exact) mass is 371 g/mol. The summed E-state index contributed by atoms with van der Waals surface area (Å²) in [5.41, 5.74) is 6.90. The van der Waals surface area contributed by atoms with Crippen LogP contribution < -0.4 is 10.5 Å². The van der Waals surface area contributed by atoms with Crippen LogP contribution in [0.2, 0.25) is 0 Å². The maximum Gasteiger partial charge on any atom is 0.573 e. The molecule has 5 nitrogen and oxygen atoms in total. The van der Waals surface area contributed by atoms with Crippen LogP contribution in [0.3, 0.4) is 0 Å². The number of alkyl halides is 3. The Labute approximate surface area is 150 Å². The first-order chi connectivity index (χ1) is 12.1. The van der Waals surface area contributed by atoms with Crippen molar-refractivity contribution in [3.63, 3.8) is 0 Å². The van der Waals surface area contributed by atoms with Crippen LogP contribution in [-0.4, -0.2) is 34.7 Å². The first-order valence-corrected chi connectivity index (χ1v) is 8.89. The topological polar surface area (TPSA) is 68.5 Å². The molecule has 0 aromatic carbocycles. The van der Waals surface area contributed by atoms with Crippen LogP contribution in [0.5, 0.6) is 5.75 Å². The average Bonchev–Trinajstić information content (AvgIpc) is 2.95. The molecule has 0 spiro atoms. The zero-order valence-electron chi connectivity index (χ0n) is 15.0. The SMILES string of the molecule is CC(C)C1(C(=O)N2CCc3ncc(OC(F)(F)F)cc3C2)CCC(N)C1. The molecule has 1 fully saturated rings. The minimum absolute atomic E-state index is 0.0203. The smallest absolute Gasteiger partial charge is 0.404 e. The lowest BCUT2D eigenvalue weighted by molar-refractivity contribution is -0.274. The van der Waals surface area contributed by atoms with Gasteiger partial charge in [-0.25, -0.2) is 0 Å². The Bertz CT molecular complexity index is 693. The standard InChI is InChI=1S/C18H24F3N3O2/c1-11(2)17(5-3-13(22)8-17)16(25)24-6-4-15-12(10-24)7-14(9-23-15)26-18(19,20)21/h7,9,11,13H,3-6,8,10,22H2,1-2H3. The molecule has 2 aliphatic rings. The lowest BCUT2D eigenvalue weighted by Crippen LogP contribution is -2.48. The molecular weight excluding hydrogens is 347 g/mol. The van der Waals surface area contributed by atoms with E-state index in [1.54, 1.807) is 4.90 Å². The zero-order valence-corrected chi connectivity index (χ0v) is 15.0. The largest absolute Gasteiger partial charge is 0.573 e. The van der Waals surface area contributed by atoms with Gasteiger partial charge in [-0.2, -0.15) is 0 Å². The number of carbonyl (C=O) groups is 1. The number of rotatable bonds is 3. The summed E-state index contributed by atoms with van der Waals surface area (Å²) in [6.07, 6.45) is -0.934. The normalized spacial score (nSPS) is 26.1. The van der Waals surface area contributed by atoms with Gasteiger partial charge in [0.25, 0.3) is 0 Å². The van der Waals surface area contributed by atoms with Gasteiger partial charge in [0.15, 0.2) is 0 Å². The number of hydrogen-bond donors (Lipinski definition) is 1. The van der Waals surface area contributed by atoms with Gasteiger partial charge in [0.1, 0.15) is 5.75 Å². The van der Waals surface area contributed by atoms with Crippen molar-refractivity contribution >= 4 is 5.91 Å². The highest BCUT2D eigenvalue weighted by atomic mass is 19.4. The van der Waals surface area contributed by atoms with Crippen molar-refractivity contribution in [1.29, 1.82) is 0 Å². The number of carbonyl (C=O) groups excluding carboxylic acids is 1. The quantitative estimate of drug-likeness (QED) is 0.887. The average molecular weight is 371 g/mol. The molecule has 2 heterocycles. The van der Waals surface area contributed by atoms with Crippen LogP contribution in [0, 0.1) is 11.3 Å². The van der Waals surface area contributed by atoms with Gasteiger partial charge in [-0.05, 0) is 36.8 Å². The highest BCUT2D eigenvalue weighted by molar-refractivity contribution is 5.83. The molecule has 144 valence electrons. The van der Waals surface area contributed by atoms with Gasteiger partial charge in [-0.1, -0.05) is 13.8 Å². The molecule has 0 radical (unpaired) electrons. The Morgan fingerprint density at radius 2 is 2.19 bits per heavy atom. The van der Waals surface area contributed by atoms with Crippen LogP contribution in [-0.2, 0) is 17.8 Å². The van der Waals surface area contributed by atoms with Gasteiger partial charge < -0.3 is 15.4 Å². The second-order valence-electron chi connectivity index (χ2n) is 7.62. The fourth-order valence-electron chi connectivity index (χ4n) is 4.16. The van der Waals surface area contributed by atoms with Crippen molar-refractivity contribution in [3.8, 4) is 5.75 Å². The summed E-state index contributed by atoms with van der Waals surface area (Å²) in [5.74, 6) is -0.150. The van der Waals surface area contributed by atoms with Crippen molar-refractivity contribution < 1.29 is 22.7 Å². The molecule has 2 unspecified atom stereocenters. The number of amides is 1. The van der Waals surface area contributed by atoms with E-state index < -0.39 is 11.8 Å². The van der Waals surface area contributed by atoms with Crippen LogP contribution in [0.25, 0.3) is 0 Å². The van der Waals surface area contributed by atoms with E-state index in [4.69, 9.17) is 5.73 Å². The molecule has 3 rings (SSSR count). The number of fused-ring (bicyclic) bond motifs is 1. The second-order valence-corrected chi connectivity index (χ2v) is 7.62. The molecule has 0 bridgehead atoms. The predicted octanol–water partition coefficient (Wildman–Crippen LogP) is 3.02. The molecular formula is C18H24F3N3O2. The van der Waals surface area contributed by atoms with E-state index in [0.717, 1.165) is 19.0 Å². The Hall–Kier alpha value is -1.83. The molecule has 1 aromatic rings. The minimum atomic E-state index is -4.76. The van der Waals surface area contributed by atoms with Crippen molar-refractivity contribution in [3.05, 3.63) is 23.5 Å². The molecule has 1 amide bonds. The Morgan fingerprint density at radius 3 is 2.77 bits per heavy atom. The molecule has 0 saturated heterocycles.